The molecule has 1 aliphatic heterocycles. The minimum absolute atomic E-state index is 0.00546. The van der Waals surface area contributed by atoms with Crippen molar-refractivity contribution in [2.45, 2.75) is 12.8 Å². The predicted molar refractivity (Wildman–Crippen MR) is 105 cm³/mol. The van der Waals surface area contributed by atoms with E-state index >= 15 is 0 Å². The van der Waals surface area contributed by atoms with Gasteiger partial charge in [-0.2, -0.15) is 0 Å². The van der Waals surface area contributed by atoms with Gasteiger partial charge in [-0.05, 0) is 36.6 Å². The van der Waals surface area contributed by atoms with Crippen molar-refractivity contribution >= 4 is 11.8 Å². The molecule has 0 radical (unpaired) electrons. The van der Waals surface area contributed by atoms with E-state index in [-0.39, 0.29) is 23.9 Å². The number of carbonyl (C=O) groups excluding carboxylic acids is 2. The third kappa shape index (κ3) is 4.31. The fraction of sp³-hybridized carbons (Fsp3) is 0.286. The second kappa shape index (κ2) is 8.56. The summed E-state index contributed by atoms with van der Waals surface area (Å²) in [7, 11) is 1.46. The molecular formula is C21H23N3O4. The summed E-state index contributed by atoms with van der Waals surface area (Å²) in [4.78, 5) is 30.7. The van der Waals surface area contributed by atoms with Gasteiger partial charge in [0.25, 0.3) is 11.8 Å². The topological polar surface area (TPSA) is 91.8 Å². The van der Waals surface area contributed by atoms with E-state index in [2.05, 4.69) is 16.9 Å². The van der Waals surface area contributed by atoms with Crippen molar-refractivity contribution in [3.63, 3.8) is 0 Å². The molecule has 1 saturated heterocycles. The third-order valence-electron chi connectivity index (χ3n) is 4.65. The Kier molecular flexibility index (Phi) is 5.93. The number of hydrogen-bond donors (Lipinski definition) is 2. The van der Waals surface area contributed by atoms with Crippen molar-refractivity contribution in [3.8, 4) is 16.9 Å². The molecule has 146 valence electrons. The fourth-order valence-corrected chi connectivity index (χ4v) is 3.06. The molecule has 0 unspecified atom stereocenters. The summed E-state index contributed by atoms with van der Waals surface area (Å²) in [6, 6.07) is 8.65. The molecule has 0 saturated carbocycles. The van der Waals surface area contributed by atoms with Crippen molar-refractivity contribution in [3.05, 3.63) is 60.1 Å². The molecule has 1 aromatic heterocycles. The lowest BCUT2D eigenvalue weighted by atomic mass is 10.0. The second-order valence-corrected chi connectivity index (χ2v) is 6.60. The van der Waals surface area contributed by atoms with Crippen molar-refractivity contribution < 1.29 is 19.4 Å². The molecule has 7 nitrogen and oxygen atoms in total. The van der Waals surface area contributed by atoms with Crippen LogP contribution in [-0.4, -0.2) is 53.5 Å². The van der Waals surface area contributed by atoms with E-state index < -0.39 is 5.91 Å². The largest absolute Gasteiger partial charge is 0.505 e. The standard InChI is InChI=1S/C21H23N3O4/c1-14(28-2)12-23-20(26)19-18(25)11-17(13-22-19)15-6-5-7-16(10-15)21(27)24-8-3-4-9-24/h5-7,10-11,13,25H,1,3-4,8-9,12H2,2H3,(H,23,26). The zero-order valence-electron chi connectivity index (χ0n) is 15.8. The minimum Gasteiger partial charge on any atom is -0.505 e. The molecule has 1 fully saturated rings. The van der Waals surface area contributed by atoms with Crippen LogP contribution in [0.25, 0.3) is 11.1 Å². The highest BCUT2D eigenvalue weighted by molar-refractivity contribution is 5.97. The number of aromatic nitrogens is 1. The van der Waals surface area contributed by atoms with E-state index in [4.69, 9.17) is 4.74 Å². The number of nitrogens with zero attached hydrogens (tertiary/aromatic N) is 2. The Morgan fingerprint density at radius 1 is 1.25 bits per heavy atom. The van der Waals surface area contributed by atoms with Gasteiger partial charge in [0.15, 0.2) is 5.69 Å². The van der Waals surface area contributed by atoms with E-state index in [0.29, 0.717) is 16.9 Å². The van der Waals surface area contributed by atoms with E-state index in [1.165, 1.54) is 19.4 Å². The summed E-state index contributed by atoms with van der Waals surface area (Å²) in [6.07, 6.45) is 3.56. The number of methoxy groups -OCH3 is 1. The summed E-state index contributed by atoms with van der Waals surface area (Å²) in [5, 5.41) is 12.8. The number of likely N-dealkylation sites (tertiary alicyclic amines) is 1. The third-order valence-corrected chi connectivity index (χ3v) is 4.65. The molecule has 28 heavy (non-hydrogen) atoms. The average molecular weight is 381 g/mol. The lowest BCUT2D eigenvalue weighted by molar-refractivity contribution is 0.0792. The SMILES string of the molecule is C=C(CNC(=O)c1ncc(-c2cccc(C(=O)N3CCCC3)c2)cc1O)OC. The Hall–Kier alpha value is -3.35. The molecule has 0 aliphatic carbocycles. The summed E-state index contributed by atoms with van der Waals surface area (Å²) in [6.45, 7) is 5.30. The molecule has 7 heteroatoms. The highest BCUT2D eigenvalue weighted by Crippen LogP contribution is 2.26. The summed E-state index contributed by atoms with van der Waals surface area (Å²) >= 11 is 0. The van der Waals surface area contributed by atoms with Crippen LogP contribution in [0.4, 0.5) is 0 Å². The van der Waals surface area contributed by atoms with Gasteiger partial charge < -0.3 is 20.1 Å². The fourth-order valence-electron chi connectivity index (χ4n) is 3.06. The van der Waals surface area contributed by atoms with Crippen LogP contribution < -0.4 is 5.32 Å². The number of nitrogens with one attached hydrogen (secondary N) is 1. The van der Waals surface area contributed by atoms with Gasteiger partial charge in [-0.1, -0.05) is 18.7 Å². The lowest BCUT2D eigenvalue weighted by Crippen LogP contribution is -2.27. The molecule has 2 aromatic rings. The van der Waals surface area contributed by atoms with Crippen LogP contribution in [0.15, 0.2) is 48.9 Å². The zero-order chi connectivity index (χ0) is 20.1. The van der Waals surface area contributed by atoms with Crippen LogP contribution >= 0.6 is 0 Å². The Morgan fingerprint density at radius 2 is 2.00 bits per heavy atom. The van der Waals surface area contributed by atoms with Crippen molar-refractivity contribution in [2.75, 3.05) is 26.7 Å². The summed E-state index contributed by atoms with van der Waals surface area (Å²) in [5.74, 6) is -0.371. The normalized spacial score (nSPS) is 13.2. The van der Waals surface area contributed by atoms with Gasteiger partial charge in [-0.15, -0.1) is 0 Å². The number of carbonyl (C=O) groups is 2. The average Bonchev–Trinajstić information content (AvgIpc) is 3.26. The van der Waals surface area contributed by atoms with Crippen LogP contribution in [-0.2, 0) is 4.74 Å². The van der Waals surface area contributed by atoms with Gasteiger partial charge in [0.05, 0.1) is 13.7 Å². The molecule has 2 amide bonds. The maximum Gasteiger partial charge on any atom is 0.274 e. The highest BCUT2D eigenvalue weighted by atomic mass is 16.5. The molecule has 2 N–H and O–H groups in total. The van der Waals surface area contributed by atoms with Gasteiger partial charge in [0.2, 0.25) is 0 Å². The number of benzene rings is 1. The first kappa shape index (κ1) is 19.4. The number of pyridine rings is 1. The second-order valence-electron chi connectivity index (χ2n) is 6.60. The maximum absolute atomic E-state index is 12.6. The molecule has 0 bridgehead atoms. The molecule has 3 rings (SSSR count). The number of ether oxygens (including phenoxy) is 1. The van der Waals surface area contributed by atoms with Gasteiger partial charge in [0, 0.05) is 30.4 Å². The van der Waals surface area contributed by atoms with Crippen molar-refractivity contribution in [1.29, 1.82) is 0 Å². The van der Waals surface area contributed by atoms with E-state index in [1.807, 2.05) is 11.0 Å². The molecule has 0 atom stereocenters. The molecule has 2 heterocycles. The zero-order valence-corrected chi connectivity index (χ0v) is 15.8. The molecule has 1 aromatic carbocycles. The predicted octanol–water partition coefficient (Wildman–Crippen LogP) is 2.58. The Morgan fingerprint density at radius 3 is 2.68 bits per heavy atom. The monoisotopic (exact) mass is 381 g/mol. The molecular weight excluding hydrogens is 358 g/mol. The first-order chi connectivity index (χ1) is 13.5. The number of rotatable bonds is 6. The Bertz CT molecular complexity index is 904. The van der Waals surface area contributed by atoms with E-state index in [0.717, 1.165) is 31.5 Å². The molecule has 0 spiro atoms. The lowest BCUT2D eigenvalue weighted by Gasteiger charge is -2.15. The van der Waals surface area contributed by atoms with Crippen LogP contribution in [0.2, 0.25) is 0 Å². The first-order valence-corrected chi connectivity index (χ1v) is 9.08. The Balaban J connectivity index is 1.78. The maximum atomic E-state index is 12.6. The first-order valence-electron chi connectivity index (χ1n) is 9.08. The highest BCUT2D eigenvalue weighted by Gasteiger charge is 2.20. The number of aromatic hydroxyl groups is 1. The van der Waals surface area contributed by atoms with Gasteiger partial charge in [0.1, 0.15) is 11.5 Å². The summed E-state index contributed by atoms with van der Waals surface area (Å²) in [5.41, 5.74) is 1.87. The molecule has 1 aliphatic rings. The van der Waals surface area contributed by atoms with Gasteiger partial charge in [-0.3, -0.25) is 9.59 Å². The van der Waals surface area contributed by atoms with Crippen molar-refractivity contribution in [2.24, 2.45) is 0 Å². The smallest absolute Gasteiger partial charge is 0.274 e. The van der Waals surface area contributed by atoms with Crippen molar-refractivity contribution in [1.82, 2.24) is 15.2 Å². The van der Waals surface area contributed by atoms with Gasteiger partial charge >= 0.3 is 0 Å². The van der Waals surface area contributed by atoms with Crippen LogP contribution in [0, 0.1) is 0 Å². The van der Waals surface area contributed by atoms with Crippen LogP contribution in [0.5, 0.6) is 5.75 Å². The quantitative estimate of drug-likeness (QED) is 0.751. The van der Waals surface area contributed by atoms with Gasteiger partial charge in [-0.25, -0.2) is 4.98 Å². The summed E-state index contributed by atoms with van der Waals surface area (Å²) < 4.78 is 4.89. The Labute approximate surface area is 163 Å². The number of amides is 2. The van der Waals surface area contributed by atoms with Crippen LogP contribution in [0.3, 0.4) is 0 Å². The number of hydrogen-bond acceptors (Lipinski definition) is 5. The van der Waals surface area contributed by atoms with E-state index in [1.54, 1.807) is 18.2 Å². The van der Waals surface area contributed by atoms with E-state index in [9.17, 15) is 14.7 Å². The minimum atomic E-state index is -0.528. The van der Waals surface area contributed by atoms with Crippen LogP contribution in [0.1, 0.15) is 33.7 Å².